The minimum absolute atomic E-state index is 0.473. The highest BCUT2D eigenvalue weighted by Gasteiger charge is 2.26. The quantitative estimate of drug-likeness (QED) is 0.782. The molecule has 0 spiro atoms. The van der Waals surface area contributed by atoms with Crippen LogP contribution in [0.4, 0.5) is 0 Å². The molecule has 4 rings (SSSR count). The van der Waals surface area contributed by atoms with Crippen molar-refractivity contribution in [3.05, 3.63) is 64.8 Å². The lowest BCUT2D eigenvalue weighted by Gasteiger charge is -2.16. The largest absolute Gasteiger partial charge is 0.477 e. The average Bonchev–Trinajstić information content (AvgIpc) is 3.21. The molecule has 1 aliphatic rings. The Balaban J connectivity index is 1.59. The third-order valence-corrected chi connectivity index (χ3v) is 5.90. The van der Waals surface area contributed by atoms with Crippen LogP contribution in [-0.2, 0) is 6.54 Å². The van der Waals surface area contributed by atoms with Gasteiger partial charge in [0.05, 0.1) is 0 Å². The molecule has 1 N–H and O–H groups in total. The van der Waals surface area contributed by atoms with E-state index in [2.05, 4.69) is 16.0 Å². The van der Waals surface area contributed by atoms with Gasteiger partial charge in [0.2, 0.25) is 0 Å². The van der Waals surface area contributed by atoms with Gasteiger partial charge in [-0.25, -0.2) is 4.79 Å². The molecule has 1 unspecified atom stereocenters. The van der Waals surface area contributed by atoms with Crippen LogP contribution in [0, 0.1) is 0 Å². The summed E-state index contributed by atoms with van der Waals surface area (Å²) in [6.45, 7) is 2.64. The lowest BCUT2D eigenvalue weighted by molar-refractivity contribution is 0.0700. The fourth-order valence-corrected chi connectivity index (χ4v) is 4.57. The van der Waals surface area contributed by atoms with Crippen molar-refractivity contribution in [2.24, 2.45) is 0 Å². The van der Waals surface area contributed by atoms with Crippen molar-refractivity contribution in [3.8, 4) is 0 Å². The number of fused-ring (bicyclic) bond motifs is 1. The Morgan fingerprint density at radius 3 is 2.96 bits per heavy atom. The van der Waals surface area contributed by atoms with Crippen LogP contribution in [0.5, 0.6) is 0 Å². The number of thiophene rings is 1. The third-order valence-electron chi connectivity index (χ3n) is 4.70. The van der Waals surface area contributed by atoms with Gasteiger partial charge in [-0.3, -0.25) is 9.88 Å². The number of nitrogens with zero attached hydrogens (tertiary/aromatic N) is 2. The predicted molar refractivity (Wildman–Crippen MR) is 95.7 cm³/mol. The summed E-state index contributed by atoms with van der Waals surface area (Å²) < 4.78 is 1.05. The van der Waals surface area contributed by atoms with Gasteiger partial charge in [-0.2, -0.15) is 0 Å². The van der Waals surface area contributed by atoms with E-state index in [1.54, 1.807) is 6.20 Å². The van der Waals surface area contributed by atoms with Crippen LogP contribution < -0.4 is 0 Å². The monoisotopic (exact) mass is 338 g/mol. The fraction of sp³-hybridized carbons (Fsp3) is 0.263. The molecule has 1 saturated heterocycles. The van der Waals surface area contributed by atoms with Crippen molar-refractivity contribution < 1.29 is 9.90 Å². The fourth-order valence-electron chi connectivity index (χ4n) is 3.52. The van der Waals surface area contributed by atoms with Crippen molar-refractivity contribution in [3.63, 3.8) is 0 Å². The molecule has 0 radical (unpaired) electrons. The zero-order chi connectivity index (χ0) is 16.5. The molecule has 24 heavy (non-hydrogen) atoms. The lowest BCUT2D eigenvalue weighted by atomic mass is 10.0. The second-order valence-corrected chi connectivity index (χ2v) is 7.27. The number of carboxylic acid groups (broad SMARTS) is 1. The van der Waals surface area contributed by atoms with E-state index in [1.807, 2.05) is 36.5 Å². The van der Waals surface area contributed by atoms with Gasteiger partial charge in [0.1, 0.15) is 4.88 Å². The van der Waals surface area contributed by atoms with E-state index in [0.29, 0.717) is 17.3 Å². The van der Waals surface area contributed by atoms with Crippen LogP contribution >= 0.6 is 11.3 Å². The lowest BCUT2D eigenvalue weighted by Crippen LogP contribution is -2.20. The number of pyridine rings is 1. The summed E-state index contributed by atoms with van der Waals surface area (Å²) in [5, 5.41) is 10.6. The van der Waals surface area contributed by atoms with E-state index in [1.165, 1.54) is 16.9 Å². The van der Waals surface area contributed by atoms with E-state index in [4.69, 9.17) is 0 Å². The van der Waals surface area contributed by atoms with E-state index in [9.17, 15) is 9.90 Å². The average molecular weight is 338 g/mol. The highest BCUT2D eigenvalue weighted by atomic mass is 32.1. The topological polar surface area (TPSA) is 53.4 Å². The number of rotatable bonds is 4. The first-order chi connectivity index (χ1) is 11.7. The Kier molecular flexibility index (Phi) is 4.04. The molecule has 1 aromatic carbocycles. The highest BCUT2D eigenvalue weighted by molar-refractivity contribution is 7.21. The standard InChI is InChI=1S/C19H18N2O2S/c22-19(23)18-16(15-5-1-2-6-17(15)24-18)12-21-9-7-14(11-21)13-4-3-8-20-10-13/h1-6,8,10,14H,7,9,11-12H2,(H,22,23). The normalized spacial score (nSPS) is 18.2. The second kappa shape index (κ2) is 6.34. The van der Waals surface area contributed by atoms with Crippen LogP contribution in [0.25, 0.3) is 10.1 Å². The molecule has 3 aromatic rings. The molecule has 4 nitrogen and oxygen atoms in total. The van der Waals surface area contributed by atoms with Crippen molar-refractivity contribution in [1.29, 1.82) is 0 Å². The molecule has 5 heteroatoms. The van der Waals surface area contributed by atoms with Crippen molar-refractivity contribution in [2.75, 3.05) is 13.1 Å². The first kappa shape index (κ1) is 15.3. The smallest absolute Gasteiger partial charge is 0.346 e. The predicted octanol–water partition coefficient (Wildman–Crippen LogP) is 3.98. The van der Waals surface area contributed by atoms with Gasteiger partial charge in [-0.1, -0.05) is 24.3 Å². The first-order valence-electron chi connectivity index (χ1n) is 8.08. The van der Waals surface area contributed by atoms with Crippen LogP contribution in [0.1, 0.15) is 33.1 Å². The second-order valence-electron chi connectivity index (χ2n) is 6.22. The minimum Gasteiger partial charge on any atom is -0.477 e. The first-order valence-corrected chi connectivity index (χ1v) is 8.90. The summed E-state index contributed by atoms with van der Waals surface area (Å²) in [4.78, 5) is 18.7. The number of hydrogen-bond donors (Lipinski definition) is 1. The zero-order valence-electron chi connectivity index (χ0n) is 13.2. The molecular weight excluding hydrogens is 320 g/mol. The summed E-state index contributed by atoms with van der Waals surface area (Å²) in [6, 6.07) is 12.1. The number of carbonyl (C=O) groups is 1. The van der Waals surface area contributed by atoms with Crippen molar-refractivity contribution >= 4 is 27.4 Å². The van der Waals surface area contributed by atoms with Crippen LogP contribution in [-0.4, -0.2) is 34.0 Å². The van der Waals surface area contributed by atoms with Gasteiger partial charge in [0.25, 0.3) is 0 Å². The van der Waals surface area contributed by atoms with Crippen LogP contribution in [0.2, 0.25) is 0 Å². The number of likely N-dealkylation sites (tertiary alicyclic amines) is 1. The molecule has 1 atom stereocenters. The van der Waals surface area contributed by atoms with E-state index in [-0.39, 0.29) is 0 Å². The summed E-state index contributed by atoms with van der Waals surface area (Å²) in [5.41, 5.74) is 2.23. The molecular formula is C19H18N2O2S. The van der Waals surface area contributed by atoms with Crippen LogP contribution in [0.15, 0.2) is 48.8 Å². The Hall–Kier alpha value is -2.24. The number of carboxylic acids is 1. The number of aromatic nitrogens is 1. The maximum atomic E-state index is 11.6. The van der Waals surface area contributed by atoms with Gasteiger partial charge < -0.3 is 5.11 Å². The van der Waals surface area contributed by atoms with E-state index in [0.717, 1.165) is 35.2 Å². The summed E-state index contributed by atoms with van der Waals surface area (Å²) >= 11 is 1.38. The third kappa shape index (κ3) is 2.81. The molecule has 0 aliphatic carbocycles. The van der Waals surface area contributed by atoms with Gasteiger partial charge in [-0.15, -0.1) is 11.3 Å². The summed E-state index contributed by atoms with van der Waals surface area (Å²) in [6.07, 6.45) is 4.83. The molecule has 0 amide bonds. The molecule has 1 aliphatic heterocycles. The van der Waals surface area contributed by atoms with Gasteiger partial charge in [0, 0.05) is 30.2 Å². The summed E-state index contributed by atoms with van der Waals surface area (Å²) in [7, 11) is 0. The molecule has 2 aromatic heterocycles. The van der Waals surface area contributed by atoms with E-state index >= 15 is 0 Å². The van der Waals surface area contributed by atoms with Gasteiger partial charge in [0.15, 0.2) is 0 Å². The Morgan fingerprint density at radius 1 is 1.29 bits per heavy atom. The molecule has 3 heterocycles. The van der Waals surface area contributed by atoms with Crippen molar-refractivity contribution in [1.82, 2.24) is 9.88 Å². The van der Waals surface area contributed by atoms with E-state index < -0.39 is 5.97 Å². The maximum absolute atomic E-state index is 11.6. The van der Waals surface area contributed by atoms with Crippen LogP contribution in [0.3, 0.4) is 0 Å². The maximum Gasteiger partial charge on any atom is 0.346 e. The number of benzene rings is 1. The molecule has 0 saturated carbocycles. The molecule has 0 bridgehead atoms. The highest BCUT2D eigenvalue weighted by Crippen LogP contribution is 2.34. The summed E-state index contributed by atoms with van der Waals surface area (Å²) in [5.74, 6) is -0.342. The number of hydrogen-bond acceptors (Lipinski definition) is 4. The Labute approximate surface area is 144 Å². The SMILES string of the molecule is O=C(O)c1sc2ccccc2c1CN1CCC(c2cccnc2)C1. The van der Waals surface area contributed by atoms with Gasteiger partial charge in [-0.05, 0) is 47.5 Å². The minimum atomic E-state index is -0.825. The Bertz CT molecular complexity index is 875. The van der Waals surface area contributed by atoms with Crippen molar-refractivity contribution in [2.45, 2.75) is 18.9 Å². The Morgan fingerprint density at radius 2 is 2.17 bits per heavy atom. The zero-order valence-corrected chi connectivity index (χ0v) is 14.0. The molecule has 1 fully saturated rings. The number of aromatic carboxylic acids is 1. The molecule has 122 valence electrons. The van der Waals surface area contributed by atoms with Gasteiger partial charge >= 0.3 is 5.97 Å².